The monoisotopic (exact) mass is 405 g/mol. The summed E-state index contributed by atoms with van der Waals surface area (Å²) in [5.41, 5.74) is 5.63. The Morgan fingerprint density at radius 2 is 2.03 bits per heavy atom. The molecule has 1 aliphatic heterocycles. The molecule has 4 atom stereocenters. The molecule has 1 aliphatic carbocycles. The fourth-order valence-corrected chi connectivity index (χ4v) is 4.91. The van der Waals surface area contributed by atoms with Gasteiger partial charge in [0.2, 0.25) is 0 Å². The molecular formula is C23H35NO5. The van der Waals surface area contributed by atoms with Gasteiger partial charge in [-0.15, -0.1) is 0 Å². The molecular weight excluding hydrogens is 370 g/mol. The van der Waals surface area contributed by atoms with Gasteiger partial charge in [0.1, 0.15) is 17.1 Å². The highest BCUT2D eigenvalue weighted by Crippen LogP contribution is 2.56. The summed E-state index contributed by atoms with van der Waals surface area (Å²) in [5, 5.41) is 21.2. The van der Waals surface area contributed by atoms with Crippen LogP contribution in [0.15, 0.2) is 12.1 Å². The molecule has 0 aromatic heterocycles. The van der Waals surface area contributed by atoms with Gasteiger partial charge < -0.3 is 25.4 Å². The number of aliphatic hydroxyl groups excluding tert-OH is 1. The Bertz CT molecular complexity index is 758. The maximum absolute atomic E-state index is 11.4. The largest absolute Gasteiger partial charge is 0.487 e. The van der Waals surface area contributed by atoms with Gasteiger partial charge in [0.05, 0.1) is 11.7 Å². The maximum Gasteiger partial charge on any atom is 0.255 e. The number of carbonyl (C=O) groups excluding carboxylic acids is 1. The molecule has 1 aromatic carbocycles. The first-order chi connectivity index (χ1) is 13.5. The van der Waals surface area contributed by atoms with E-state index < -0.39 is 23.2 Å². The number of amides is 1. The summed E-state index contributed by atoms with van der Waals surface area (Å²) in [6.45, 7) is 7.72. The van der Waals surface area contributed by atoms with Gasteiger partial charge in [0, 0.05) is 17.4 Å². The fourth-order valence-electron chi connectivity index (χ4n) is 4.91. The molecule has 3 rings (SSSR count). The van der Waals surface area contributed by atoms with Gasteiger partial charge >= 0.3 is 0 Å². The van der Waals surface area contributed by atoms with Crippen LogP contribution in [-0.4, -0.2) is 40.0 Å². The third-order valence-electron chi connectivity index (χ3n) is 6.55. The maximum atomic E-state index is 11.4. The number of unbranched alkanes of at least 4 members (excludes halogenated alkanes) is 2. The molecule has 1 heterocycles. The first-order valence-electron chi connectivity index (χ1n) is 10.7. The number of rotatable bonds is 7. The number of carbonyl (C=O) groups is 1. The zero-order valence-corrected chi connectivity index (χ0v) is 18.0. The highest BCUT2D eigenvalue weighted by Gasteiger charge is 2.53. The van der Waals surface area contributed by atoms with Crippen molar-refractivity contribution in [3.63, 3.8) is 0 Å². The first kappa shape index (κ1) is 21.9. The lowest BCUT2D eigenvalue weighted by atomic mass is 9.62. The van der Waals surface area contributed by atoms with Crippen LogP contribution < -0.4 is 15.2 Å². The average Bonchev–Trinajstić information content (AvgIpc) is 2.61. The lowest BCUT2D eigenvalue weighted by Gasteiger charge is -2.52. The average molecular weight is 406 g/mol. The van der Waals surface area contributed by atoms with Crippen molar-refractivity contribution in [1.29, 1.82) is 0 Å². The standard InChI is InChI=1S/C23H35NO5/c1-5-6-7-8-14-9-17(28-13-20(24)26)21-15-12-23(4,27)19(25)11-16(15)22(2,3)29-18(21)10-14/h9-10,15-16,19,25,27H,5-8,11-13H2,1-4H3,(H2,24,26)/t15-,16-,19?,23?/m1/s1. The number of fused-ring (bicyclic) bond motifs is 3. The van der Waals surface area contributed by atoms with Crippen molar-refractivity contribution in [2.75, 3.05) is 6.61 Å². The number of benzene rings is 1. The van der Waals surface area contributed by atoms with Crippen LogP contribution in [0.2, 0.25) is 0 Å². The molecule has 1 aromatic rings. The van der Waals surface area contributed by atoms with Crippen molar-refractivity contribution in [2.24, 2.45) is 11.7 Å². The number of ether oxygens (including phenoxy) is 2. The van der Waals surface area contributed by atoms with Gasteiger partial charge in [-0.1, -0.05) is 19.8 Å². The van der Waals surface area contributed by atoms with Crippen LogP contribution in [0.4, 0.5) is 0 Å². The minimum atomic E-state index is -1.19. The van der Waals surface area contributed by atoms with Crippen LogP contribution in [-0.2, 0) is 11.2 Å². The summed E-state index contributed by atoms with van der Waals surface area (Å²) in [6, 6.07) is 4.05. The van der Waals surface area contributed by atoms with Gasteiger partial charge in [0.25, 0.3) is 5.91 Å². The van der Waals surface area contributed by atoms with E-state index in [-0.39, 0.29) is 18.4 Å². The van der Waals surface area contributed by atoms with Crippen LogP contribution in [0, 0.1) is 5.92 Å². The Morgan fingerprint density at radius 3 is 2.69 bits per heavy atom. The van der Waals surface area contributed by atoms with E-state index in [2.05, 4.69) is 13.0 Å². The Kier molecular flexibility index (Phi) is 6.16. The summed E-state index contributed by atoms with van der Waals surface area (Å²) in [5.74, 6) is 0.795. The van der Waals surface area contributed by atoms with Crippen molar-refractivity contribution >= 4 is 5.91 Å². The van der Waals surface area contributed by atoms with Crippen LogP contribution in [0.1, 0.15) is 76.8 Å². The van der Waals surface area contributed by atoms with E-state index in [4.69, 9.17) is 15.2 Å². The summed E-state index contributed by atoms with van der Waals surface area (Å²) in [7, 11) is 0. The van der Waals surface area contributed by atoms with E-state index in [9.17, 15) is 15.0 Å². The zero-order chi connectivity index (χ0) is 21.4. The molecule has 2 unspecified atom stereocenters. The van der Waals surface area contributed by atoms with Crippen LogP contribution in [0.5, 0.6) is 11.5 Å². The van der Waals surface area contributed by atoms with Gasteiger partial charge in [0.15, 0.2) is 6.61 Å². The summed E-state index contributed by atoms with van der Waals surface area (Å²) < 4.78 is 12.2. The molecule has 1 saturated carbocycles. The number of hydrogen-bond acceptors (Lipinski definition) is 5. The molecule has 4 N–H and O–H groups in total. The molecule has 0 spiro atoms. The molecule has 0 radical (unpaired) electrons. The van der Waals surface area contributed by atoms with Crippen LogP contribution in [0.25, 0.3) is 0 Å². The van der Waals surface area contributed by atoms with Gasteiger partial charge in [-0.2, -0.15) is 0 Å². The molecule has 0 saturated heterocycles. The number of nitrogens with two attached hydrogens (primary N) is 1. The smallest absolute Gasteiger partial charge is 0.255 e. The number of aryl methyl sites for hydroxylation is 1. The molecule has 6 heteroatoms. The van der Waals surface area contributed by atoms with E-state index in [1.165, 1.54) is 0 Å². The number of primary amides is 1. The molecule has 2 aliphatic rings. The Morgan fingerprint density at radius 1 is 1.31 bits per heavy atom. The quantitative estimate of drug-likeness (QED) is 0.605. The van der Waals surface area contributed by atoms with E-state index >= 15 is 0 Å². The molecule has 162 valence electrons. The normalized spacial score (nSPS) is 30.1. The highest BCUT2D eigenvalue weighted by atomic mass is 16.5. The minimum absolute atomic E-state index is 0.0205. The van der Waals surface area contributed by atoms with Gasteiger partial charge in [-0.25, -0.2) is 0 Å². The number of hydrogen-bond donors (Lipinski definition) is 3. The molecule has 1 fully saturated rings. The Labute approximate surface area is 173 Å². The van der Waals surface area contributed by atoms with Crippen molar-refractivity contribution in [3.8, 4) is 11.5 Å². The lowest BCUT2D eigenvalue weighted by Crippen LogP contribution is -2.55. The van der Waals surface area contributed by atoms with Crippen molar-refractivity contribution in [2.45, 2.75) is 89.4 Å². The lowest BCUT2D eigenvalue weighted by molar-refractivity contribution is -0.137. The second-order valence-electron chi connectivity index (χ2n) is 9.45. The SMILES string of the molecule is CCCCCc1cc(OCC(N)=O)c2c(c1)OC(C)(C)[C@@H]1CC(O)C(C)(O)C[C@@H]21. The second-order valence-corrected chi connectivity index (χ2v) is 9.45. The topological polar surface area (TPSA) is 102 Å². The zero-order valence-electron chi connectivity index (χ0n) is 18.0. The molecule has 6 nitrogen and oxygen atoms in total. The summed E-state index contributed by atoms with van der Waals surface area (Å²) in [4.78, 5) is 11.4. The molecule has 29 heavy (non-hydrogen) atoms. The highest BCUT2D eigenvalue weighted by molar-refractivity contribution is 5.75. The predicted octanol–water partition coefficient (Wildman–Crippen LogP) is 3.06. The predicted molar refractivity (Wildman–Crippen MR) is 111 cm³/mol. The Hall–Kier alpha value is -1.79. The molecule has 1 amide bonds. The van der Waals surface area contributed by atoms with Crippen molar-refractivity contribution in [1.82, 2.24) is 0 Å². The van der Waals surface area contributed by atoms with Gasteiger partial charge in [-0.05, 0) is 64.2 Å². The fraction of sp³-hybridized carbons (Fsp3) is 0.696. The van der Waals surface area contributed by atoms with Crippen molar-refractivity contribution in [3.05, 3.63) is 23.3 Å². The third kappa shape index (κ3) is 4.53. The third-order valence-corrected chi connectivity index (χ3v) is 6.55. The van der Waals surface area contributed by atoms with E-state index in [1.54, 1.807) is 6.92 Å². The second kappa shape index (κ2) is 8.15. The van der Waals surface area contributed by atoms with Gasteiger partial charge in [-0.3, -0.25) is 4.79 Å². The van der Waals surface area contributed by atoms with E-state index in [1.807, 2.05) is 19.9 Å². The minimum Gasteiger partial charge on any atom is -0.487 e. The Balaban J connectivity index is 2.05. The van der Waals surface area contributed by atoms with Crippen molar-refractivity contribution < 1.29 is 24.5 Å². The molecule has 0 bridgehead atoms. The van der Waals surface area contributed by atoms with Crippen LogP contribution >= 0.6 is 0 Å². The van der Waals surface area contributed by atoms with E-state index in [0.717, 1.165) is 42.6 Å². The summed E-state index contributed by atoms with van der Waals surface area (Å²) in [6.07, 6.45) is 4.30. The summed E-state index contributed by atoms with van der Waals surface area (Å²) >= 11 is 0. The van der Waals surface area contributed by atoms with E-state index in [0.29, 0.717) is 18.6 Å². The van der Waals surface area contributed by atoms with Crippen LogP contribution in [0.3, 0.4) is 0 Å². The number of aliphatic hydroxyl groups is 2. The first-order valence-corrected chi connectivity index (χ1v) is 10.7.